The first-order valence-electron chi connectivity index (χ1n) is 7.27. The van der Waals surface area contributed by atoms with Crippen molar-refractivity contribution in [3.8, 4) is 0 Å². The van der Waals surface area contributed by atoms with Gasteiger partial charge < -0.3 is 15.4 Å². The average molecular weight is 280 g/mol. The average Bonchev–Trinajstić information content (AvgIpc) is 3.07. The Morgan fingerprint density at radius 2 is 2.50 bits per heavy atom. The molecular weight excluding hydrogens is 256 g/mol. The molecule has 0 aromatic carbocycles. The third kappa shape index (κ3) is 4.61. The van der Waals surface area contributed by atoms with Crippen LogP contribution in [0.25, 0.3) is 0 Å². The molecule has 1 amide bonds. The Labute approximate surface area is 119 Å². The fourth-order valence-corrected chi connectivity index (χ4v) is 2.25. The van der Waals surface area contributed by atoms with E-state index < -0.39 is 0 Å². The Balaban J connectivity index is 1.60. The summed E-state index contributed by atoms with van der Waals surface area (Å²) in [5, 5.41) is 10.3. The lowest BCUT2D eigenvalue weighted by atomic mass is 10.2. The monoisotopic (exact) mass is 280 g/mol. The van der Waals surface area contributed by atoms with E-state index in [1.807, 2.05) is 30.9 Å². The molecule has 2 rings (SSSR count). The fraction of sp³-hybridized carbons (Fsp3) is 0.714. The maximum Gasteiger partial charge on any atom is 0.236 e. The summed E-state index contributed by atoms with van der Waals surface area (Å²) in [6.07, 6.45) is 6.15. The molecule has 0 aliphatic carbocycles. The number of rotatable bonds is 7. The molecule has 1 fully saturated rings. The molecule has 0 bridgehead atoms. The topological polar surface area (TPSA) is 68.2 Å². The van der Waals surface area contributed by atoms with Crippen LogP contribution in [-0.2, 0) is 16.1 Å². The Kier molecular flexibility index (Phi) is 5.55. The molecule has 112 valence electrons. The molecule has 0 radical (unpaired) electrons. The van der Waals surface area contributed by atoms with E-state index in [1.165, 1.54) is 0 Å². The summed E-state index contributed by atoms with van der Waals surface area (Å²) in [6, 6.07) is -0.201. The molecule has 20 heavy (non-hydrogen) atoms. The van der Waals surface area contributed by atoms with Crippen molar-refractivity contribution in [1.29, 1.82) is 0 Å². The van der Waals surface area contributed by atoms with Crippen molar-refractivity contribution in [2.24, 2.45) is 0 Å². The van der Waals surface area contributed by atoms with Crippen molar-refractivity contribution in [2.75, 3.05) is 19.7 Å². The second kappa shape index (κ2) is 7.40. The third-order valence-electron chi connectivity index (χ3n) is 3.48. The van der Waals surface area contributed by atoms with Crippen LogP contribution in [0.5, 0.6) is 0 Å². The summed E-state index contributed by atoms with van der Waals surface area (Å²) in [6.45, 7) is 6.80. The standard InChI is InChI=1S/C14H24N4O2/c1-11-8-17-18(10-11)6-5-15-12(2)14(19)16-9-13-4-3-7-20-13/h8,10,12-13,15H,3-7,9H2,1-2H3,(H,16,19)/t12-,13+/m0/s1. The Morgan fingerprint density at radius 3 is 3.15 bits per heavy atom. The lowest BCUT2D eigenvalue weighted by Gasteiger charge is -2.16. The van der Waals surface area contributed by atoms with Gasteiger partial charge >= 0.3 is 0 Å². The fourth-order valence-electron chi connectivity index (χ4n) is 2.25. The van der Waals surface area contributed by atoms with Crippen LogP contribution in [0, 0.1) is 6.92 Å². The molecule has 1 aromatic rings. The van der Waals surface area contributed by atoms with Crippen molar-refractivity contribution >= 4 is 5.91 Å². The van der Waals surface area contributed by atoms with Gasteiger partial charge in [0.15, 0.2) is 0 Å². The van der Waals surface area contributed by atoms with E-state index in [2.05, 4.69) is 15.7 Å². The van der Waals surface area contributed by atoms with Gasteiger partial charge in [0, 0.05) is 25.9 Å². The molecule has 2 heterocycles. The molecule has 2 N–H and O–H groups in total. The number of carbonyl (C=O) groups is 1. The highest BCUT2D eigenvalue weighted by atomic mass is 16.5. The number of carbonyl (C=O) groups excluding carboxylic acids is 1. The SMILES string of the molecule is Cc1cnn(CCN[C@@H](C)C(=O)NC[C@H]2CCCO2)c1. The van der Waals surface area contributed by atoms with Crippen LogP contribution >= 0.6 is 0 Å². The second-order valence-corrected chi connectivity index (χ2v) is 5.34. The maximum atomic E-state index is 11.9. The number of nitrogens with zero attached hydrogens (tertiary/aromatic N) is 2. The van der Waals surface area contributed by atoms with Crippen LogP contribution < -0.4 is 10.6 Å². The first-order valence-corrected chi connectivity index (χ1v) is 7.27. The smallest absolute Gasteiger partial charge is 0.236 e. The van der Waals surface area contributed by atoms with Gasteiger partial charge in [-0.3, -0.25) is 9.48 Å². The Bertz CT molecular complexity index is 427. The van der Waals surface area contributed by atoms with Crippen LogP contribution in [-0.4, -0.2) is 47.5 Å². The van der Waals surface area contributed by atoms with E-state index in [4.69, 9.17) is 4.74 Å². The number of nitrogens with one attached hydrogen (secondary N) is 2. The van der Waals surface area contributed by atoms with Crippen molar-refractivity contribution in [3.63, 3.8) is 0 Å². The zero-order valence-electron chi connectivity index (χ0n) is 12.3. The quantitative estimate of drug-likeness (QED) is 0.761. The summed E-state index contributed by atoms with van der Waals surface area (Å²) in [5.74, 6) is 0.0251. The number of aryl methyl sites for hydroxylation is 1. The normalized spacial score (nSPS) is 20.0. The highest BCUT2D eigenvalue weighted by molar-refractivity contribution is 5.81. The lowest BCUT2D eigenvalue weighted by Crippen LogP contribution is -2.45. The zero-order valence-corrected chi connectivity index (χ0v) is 12.3. The minimum absolute atomic E-state index is 0.0251. The van der Waals surface area contributed by atoms with Gasteiger partial charge in [0.1, 0.15) is 0 Å². The highest BCUT2D eigenvalue weighted by Gasteiger charge is 2.18. The molecule has 1 saturated heterocycles. The Morgan fingerprint density at radius 1 is 1.65 bits per heavy atom. The minimum atomic E-state index is -0.201. The van der Waals surface area contributed by atoms with Gasteiger partial charge in [-0.05, 0) is 32.3 Å². The van der Waals surface area contributed by atoms with Crippen LogP contribution in [0.1, 0.15) is 25.3 Å². The molecule has 1 aliphatic rings. The summed E-state index contributed by atoms with van der Waals surface area (Å²) >= 11 is 0. The number of hydrogen-bond acceptors (Lipinski definition) is 4. The van der Waals surface area contributed by atoms with Crippen LogP contribution in [0.2, 0.25) is 0 Å². The van der Waals surface area contributed by atoms with E-state index in [-0.39, 0.29) is 18.1 Å². The number of hydrogen-bond donors (Lipinski definition) is 2. The van der Waals surface area contributed by atoms with Gasteiger partial charge in [-0.25, -0.2) is 0 Å². The molecule has 1 aromatic heterocycles. The zero-order chi connectivity index (χ0) is 14.4. The number of ether oxygens (including phenoxy) is 1. The molecule has 6 heteroatoms. The van der Waals surface area contributed by atoms with Gasteiger partial charge in [0.2, 0.25) is 5.91 Å². The van der Waals surface area contributed by atoms with E-state index >= 15 is 0 Å². The van der Waals surface area contributed by atoms with Crippen molar-refractivity contribution in [2.45, 2.75) is 45.4 Å². The van der Waals surface area contributed by atoms with Crippen molar-refractivity contribution in [3.05, 3.63) is 18.0 Å². The summed E-state index contributed by atoms with van der Waals surface area (Å²) in [4.78, 5) is 11.9. The summed E-state index contributed by atoms with van der Waals surface area (Å²) in [7, 11) is 0. The predicted octanol–water partition coefficient (Wildman–Crippen LogP) is 0.465. The first kappa shape index (κ1) is 15.0. The molecule has 2 atom stereocenters. The van der Waals surface area contributed by atoms with Gasteiger partial charge in [-0.2, -0.15) is 5.10 Å². The molecule has 0 spiro atoms. The van der Waals surface area contributed by atoms with E-state index in [9.17, 15) is 4.79 Å². The lowest BCUT2D eigenvalue weighted by molar-refractivity contribution is -0.123. The Hall–Kier alpha value is -1.40. The number of amides is 1. The van der Waals surface area contributed by atoms with Gasteiger partial charge in [-0.1, -0.05) is 0 Å². The van der Waals surface area contributed by atoms with Gasteiger partial charge in [0.25, 0.3) is 0 Å². The second-order valence-electron chi connectivity index (χ2n) is 5.34. The molecule has 0 unspecified atom stereocenters. The van der Waals surface area contributed by atoms with E-state index in [0.717, 1.165) is 38.1 Å². The first-order chi connectivity index (χ1) is 9.65. The number of aromatic nitrogens is 2. The van der Waals surface area contributed by atoms with Crippen LogP contribution in [0.4, 0.5) is 0 Å². The summed E-state index contributed by atoms with van der Waals surface area (Å²) in [5.41, 5.74) is 1.15. The highest BCUT2D eigenvalue weighted by Crippen LogP contribution is 2.10. The molecule has 0 saturated carbocycles. The molecule has 1 aliphatic heterocycles. The van der Waals surface area contributed by atoms with Crippen molar-refractivity contribution < 1.29 is 9.53 Å². The molecular formula is C14H24N4O2. The van der Waals surface area contributed by atoms with E-state index in [1.54, 1.807) is 0 Å². The molecule has 6 nitrogen and oxygen atoms in total. The third-order valence-corrected chi connectivity index (χ3v) is 3.48. The summed E-state index contributed by atoms with van der Waals surface area (Å²) < 4.78 is 7.35. The van der Waals surface area contributed by atoms with Crippen LogP contribution in [0.15, 0.2) is 12.4 Å². The predicted molar refractivity (Wildman–Crippen MR) is 76.4 cm³/mol. The largest absolute Gasteiger partial charge is 0.376 e. The van der Waals surface area contributed by atoms with Crippen LogP contribution in [0.3, 0.4) is 0 Å². The van der Waals surface area contributed by atoms with Crippen molar-refractivity contribution in [1.82, 2.24) is 20.4 Å². The minimum Gasteiger partial charge on any atom is -0.376 e. The van der Waals surface area contributed by atoms with Gasteiger partial charge in [-0.15, -0.1) is 0 Å². The van der Waals surface area contributed by atoms with E-state index in [0.29, 0.717) is 6.54 Å². The maximum absolute atomic E-state index is 11.9. The van der Waals surface area contributed by atoms with Gasteiger partial charge in [0.05, 0.1) is 24.9 Å².